The van der Waals surface area contributed by atoms with Crippen molar-refractivity contribution in [1.29, 1.82) is 0 Å². The quantitative estimate of drug-likeness (QED) is 0.106. The number of rotatable bonds is 9. The van der Waals surface area contributed by atoms with Crippen LogP contribution in [0.2, 0.25) is 19.6 Å². The maximum atomic E-state index is 6.54. The molecule has 0 N–H and O–H groups in total. The van der Waals surface area contributed by atoms with Gasteiger partial charge < -0.3 is 14.0 Å². The molecule has 10 aromatic rings. The van der Waals surface area contributed by atoms with E-state index in [1.54, 1.807) is 0 Å². The Morgan fingerprint density at radius 3 is 2.03 bits per heavy atom. The average molecular weight is 1070 g/mol. The van der Waals surface area contributed by atoms with Crippen molar-refractivity contribution in [2.75, 3.05) is 0 Å². The number of aryl methyl sites for hydroxylation is 1. The van der Waals surface area contributed by atoms with Gasteiger partial charge in [-0.15, -0.1) is 53.6 Å². The van der Waals surface area contributed by atoms with Crippen LogP contribution in [0.4, 0.5) is 0 Å². The molecule has 8 heteroatoms. The molecule has 339 valence electrons. The molecule has 0 aliphatic rings. The Balaban J connectivity index is 0.000000201. The van der Waals surface area contributed by atoms with E-state index in [4.69, 9.17) is 19.4 Å². The summed E-state index contributed by atoms with van der Waals surface area (Å²) in [4.78, 5) is 19.3. The summed E-state index contributed by atoms with van der Waals surface area (Å²) >= 11 is 0. The van der Waals surface area contributed by atoms with E-state index in [1.807, 2.05) is 42.7 Å². The SMILES string of the molecule is CC(C)c1ccc(-c2cc(-c3[c-]cccc3)ncc2[Si](C)(C)C)cc1.Cc1c[c-]c(-c2nc3cncc(C(C)C)c3n2-c2ccc(-c3ccccc3)cc2)c2oc3nc(C(C)C)ccc3c12.[Ir]. The summed E-state index contributed by atoms with van der Waals surface area (Å²) in [7, 11) is -1.49. The number of imidazole rings is 1. The van der Waals surface area contributed by atoms with E-state index in [0.717, 1.165) is 72.5 Å². The zero-order valence-electron chi connectivity index (χ0n) is 40.1. The minimum absolute atomic E-state index is 0. The summed E-state index contributed by atoms with van der Waals surface area (Å²) in [6, 6.07) is 51.5. The molecule has 0 aliphatic carbocycles. The van der Waals surface area contributed by atoms with Gasteiger partial charge >= 0.3 is 0 Å². The third-order valence-corrected chi connectivity index (χ3v) is 14.5. The van der Waals surface area contributed by atoms with Gasteiger partial charge in [-0.3, -0.25) is 9.97 Å². The molecule has 0 unspecified atom stereocenters. The molecule has 5 aromatic carbocycles. The van der Waals surface area contributed by atoms with Crippen molar-refractivity contribution in [1.82, 2.24) is 24.5 Å². The smallest absolute Gasteiger partial charge is 0.216 e. The van der Waals surface area contributed by atoms with Crippen LogP contribution in [0, 0.1) is 19.1 Å². The largest absolute Gasteiger partial charge is 0.486 e. The topological polar surface area (TPSA) is 69.6 Å². The second-order valence-corrected chi connectivity index (χ2v) is 24.3. The first-order chi connectivity index (χ1) is 31.8. The summed E-state index contributed by atoms with van der Waals surface area (Å²) in [6.07, 6.45) is 5.90. The van der Waals surface area contributed by atoms with Crippen LogP contribution in [-0.2, 0) is 20.1 Å². The third-order valence-electron chi connectivity index (χ3n) is 12.5. The number of pyridine rings is 3. The van der Waals surface area contributed by atoms with Crippen LogP contribution in [0.25, 0.3) is 83.7 Å². The maximum Gasteiger partial charge on any atom is 0.216 e. The zero-order chi connectivity index (χ0) is 46.3. The Bertz CT molecular complexity index is 3310. The summed E-state index contributed by atoms with van der Waals surface area (Å²) in [5.74, 6) is 1.91. The van der Waals surface area contributed by atoms with Gasteiger partial charge in [-0.25, -0.2) is 4.98 Å². The van der Waals surface area contributed by atoms with Gasteiger partial charge in [-0.05, 0) is 86.3 Å². The molecule has 0 amide bonds. The molecule has 0 saturated heterocycles. The summed E-state index contributed by atoms with van der Waals surface area (Å²) in [5, 5.41) is 3.47. The molecule has 0 saturated carbocycles. The molecule has 6 nitrogen and oxygen atoms in total. The first kappa shape index (κ1) is 47.2. The summed E-state index contributed by atoms with van der Waals surface area (Å²) in [6.45, 7) is 22.4. The second kappa shape index (κ2) is 19.5. The fraction of sp³-hybridized carbons (Fsp3) is 0.220. The normalized spacial score (nSPS) is 11.7. The Morgan fingerprint density at radius 1 is 0.672 bits per heavy atom. The molecule has 5 heterocycles. The van der Waals surface area contributed by atoms with Crippen LogP contribution < -0.4 is 5.19 Å². The zero-order valence-corrected chi connectivity index (χ0v) is 43.5. The Labute approximate surface area is 410 Å². The van der Waals surface area contributed by atoms with Crippen LogP contribution >= 0.6 is 0 Å². The van der Waals surface area contributed by atoms with E-state index in [9.17, 15) is 0 Å². The van der Waals surface area contributed by atoms with Crippen LogP contribution in [0.1, 0.15) is 81.7 Å². The Hall–Kier alpha value is -6.31. The Kier molecular flexibility index (Phi) is 13.7. The van der Waals surface area contributed by atoms with E-state index in [-0.39, 0.29) is 26.0 Å². The average Bonchev–Trinajstić information content (AvgIpc) is 3.92. The van der Waals surface area contributed by atoms with Crippen molar-refractivity contribution in [3.63, 3.8) is 0 Å². The predicted octanol–water partition coefficient (Wildman–Crippen LogP) is 15.3. The van der Waals surface area contributed by atoms with Crippen LogP contribution in [0.3, 0.4) is 0 Å². The monoisotopic (exact) mass is 1070 g/mol. The molecule has 10 rings (SSSR count). The fourth-order valence-corrected chi connectivity index (χ4v) is 10.2. The van der Waals surface area contributed by atoms with Gasteiger partial charge in [-0.1, -0.05) is 152 Å². The minimum atomic E-state index is -1.49. The fourth-order valence-electron chi connectivity index (χ4n) is 8.73. The van der Waals surface area contributed by atoms with Crippen LogP contribution in [0.5, 0.6) is 0 Å². The maximum absolute atomic E-state index is 6.54. The van der Waals surface area contributed by atoms with Gasteiger partial charge in [0.2, 0.25) is 5.71 Å². The van der Waals surface area contributed by atoms with E-state index in [0.29, 0.717) is 17.5 Å². The van der Waals surface area contributed by atoms with Crippen molar-refractivity contribution < 1.29 is 24.5 Å². The van der Waals surface area contributed by atoms with Crippen molar-refractivity contribution in [3.8, 4) is 50.6 Å². The molecule has 5 aromatic heterocycles. The minimum Gasteiger partial charge on any atom is -0.486 e. The molecule has 0 bridgehead atoms. The number of nitrogens with zero attached hydrogens (tertiary/aromatic N) is 5. The molecule has 67 heavy (non-hydrogen) atoms. The number of hydrogen-bond donors (Lipinski definition) is 0. The van der Waals surface area contributed by atoms with Gasteiger partial charge in [0.1, 0.15) is 0 Å². The molecular weight excluding hydrogens is 1010 g/mol. The van der Waals surface area contributed by atoms with Gasteiger partial charge in [0.25, 0.3) is 0 Å². The molecule has 0 atom stereocenters. The summed E-state index contributed by atoms with van der Waals surface area (Å²) in [5.41, 5.74) is 16.8. The van der Waals surface area contributed by atoms with E-state index < -0.39 is 8.07 Å². The van der Waals surface area contributed by atoms with E-state index in [2.05, 4.69) is 193 Å². The number of benzene rings is 5. The molecule has 0 fully saturated rings. The van der Waals surface area contributed by atoms with Crippen molar-refractivity contribution >= 4 is 46.4 Å². The Morgan fingerprint density at radius 2 is 1.37 bits per heavy atom. The van der Waals surface area contributed by atoms with Crippen molar-refractivity contribution in [3.05, 3.63) is 181 Å². The van der Waals surface area contributed by atoms with E-state index in [1.165, 1.54) is 33.0 Å². The number of furan rings is 1. The third kappa shape index (κ3) is 9.49. The standard InChI is InChI=1S/C36H31N4O.C23H26NSi.Ir/c1-21(2)29-19-37-20-31-33(29)40(26-14-12-25(13-15-26)24-9-7-6-8-10-24)35(38-31)28-16-11-23(5)32-27-17-18-30(22(3)4)39-36(27)41-34(28)32;1-17(2)18-11-13-19(14-12-18)21-15-22(20-9-7-6-8-10-20)24-16-23(21)25(3,4)5;/h6-15,17-22H,1-5H3;6-9,11-17H,1-5H3;/q2*-1;. The molecule has 1 radical (unpaired) electrons. The van der Waals surface area contributed by atoms with Gasteiger partial charge in [0, 0.05) is 49.3 Å². The first-order valence-electron chi connectivity index (χ1n) is 23.1. The molecule has 0 aliphatic heterocycles. The van der Waals surface area contributed by atoms with Gasteiger partial charge in [0.05, 0.1) is 36.7 Å². The molecule has 0 spiro atoms. The van der Waals surface area contributed by atoms with Gasteiger partial charge in [-0.2, -0.15) is 0 Å². The second-order valence-electron chi connectivity index (χ2n) is 19.2. The summed E-state index contributed by atoms with van der Waals surface area (Å²) < 4.78 is 8.78. The van der Waals surface area contributed by atoms with E-state index >= 15 is 0 Å². The van der Waals surface area contributed by atoms with Gasteiger partial charge in [0.15, 0.2) is 0 Å². The molecular formula is C59H57IrN5OSi-2. The number of hydrogen-bond acceptors (Lipinski definition) is 5. The predicted molar refractivity (Wildman–Crippen MR) is 278 cm³/mol. The number of fused-ring (bicyclic) bond motifs is 4. The number of aromatic nitrogens is 5. The first-order valence-corrected chi connectivity index (χ1v) is 26.6. The van der Waals surface area contributed by atoms with Crippen molar-refractivity contribution in [2.45, 2.75) is 85.9 Å². The van der Waals surface area contributed by atoms with Crippen molar-refractivity contribution in [2.24, 2.45) is 0 Å². The van der Waals surface area contributed by atoms with Crippen LogP contribution in [0.15, 0.2) is 150 Å². The van der Waals surface area contributed by atoms with Crippen LogP contribution in [-0.4, -0.2) is 32.6 Å².